The first-order valence-electron chi connectivity index (χ1n) is 5.65. The van der Waals surface area contributed by atoms with Crippen LogP contribution >= 0.6 is 11.8 Å². The van der Waals surface area contributed by atoms with E-state index >= 15 is 0 Å². The normalized spacial score (nSPS) is 11.3. The molecule has 1 aromatic carbocycles. The highest BCUT2D eigenvalue weighted by Crippen LogP contribution is 2.14. The zero-order valence-corrected chi connectivity index (χ0v) is 11.3. The van der Waals surface area contributed by atoms with Crippen molar-refractivity contribution in [2.45, 2.75) is 6.61 Å². The molecule has 19 heavy (non-hydrogen) atoms. The lowest BCUT2D eigenvalue weighted by Crippen LogP contribution is -2.05. The van der Waals surface area contributed by atoms with Gasteiger partial charge in [-0.3, -0.25) is 4.98 Å². The number of nitrogens with two attached hydrogens (primary N) is 1. The molecule has 0 amide bonds. The van der Waals surface area contributed by atoms with Gasteiger partial charge in [0.1, 0.15) is 6.61 Å². The van der Waals surface area contributed by atoms with Gasteiger partial charge in [-0.1, -0.05) is 42.1 Å². The zero-order valence-electron chi connectivity index (χ0n) is 10.5. The van der Waals surface area contributed by atoms with E-state index in [0.717, 1.165) is 5.56 Å². The Balaban J connectivity index is 2.03. The minimum Gasteiger partial charge on any atom is -0.472 e. The van der Waals surface area contributed by atoms with Gasteiger partial charge in [-0.25, -0.2) is 4.99 Å². The highest BCUT2D eigenvalue weighted by Gasteiger charge is 2.00. The fourth-order valence-electron chi connectivity index (χ4n) is 1.35. The van der Waals surface area contributed by atoms with Gasteiger partial charge in [0.2, 0.25) is 5.88 Å². The maximum atomic E-state index is 5.62. The smallest absolute Gasteiger partial charge is 0.234 e. The fraction of sp³-hybridized carbons (Fsp3) is 0.154. The van der Waals surface area contributed by atoms with Gasteiger partial charge < -0.3 is 10.5 Å². The van der Waals surface area contributed by atoms with Crippen LogP contribution in [0.5, 0.6) is 5.88 Å². The standard InChI is InChI=1S/C13H14N4OS/c1-19-13(14)17-11-7-15-8-12(16-11)18-9-10-5-3-2-4-6-10/h2-8H,9H2,1H3,(H2,14,16,17). The molecule has 98 valence electrons. The maximum absolute atomic E-state index is 5.62. The maximum Gasteiger partial charge on any atom is 0.234 e. The third-order valence-corrected chi connectivity index (χ3v) is 2.77. The molecule has 6 heteroatoms. The predicted octanol–water partition coefficient (Wildman–Crippen LogP) is 2.36. The topological polar surface area (TPSA) is 73.4 Å². The summed E-state index contributed by atoms with van der Waals surface area (Å²) in [6.07, 6.45) is 4.94. The van der Waals surface area contributed by atoms with Crippen molar-refractivity contribution >= 4 is 22.7 Å². The van der Waals surface area contributed by atoms with Crippen LogP contribution < -0.4 is 10.5 Å². The van der Waals surface area contributed by atoms with E-state index in [2.05, 4.69) is 15.0 Å². The van der Waals surface area contributed by atoms with Gasteiger partial charge in [0, 0.05) is 0 Å². The number of amidine groups is 1. The summed E-state index contributed by atoms with van der Waals surface area (Å²) in [4.78, 5) is 12.3. The molecule has 0 saturated carbocycles. The Kier molecular flexibility index (Phi) is 4.74. The Morgan fingerprint density at radius 3 is 2.84 bits per heavy atom. The Morgan fingerprint density at radius 1 is 1.32 bits per heavy atom. The van der Waals surface area contributed by atoms with Crippen molar-refractivity contribution in [3.63, 3.8) is 0 Å². The number of aliphatic imine (C=N–C) groups is 1. The van der Waals surface area contributed by atoms with Crippen molar-refractivity contribution in [3.8, 4) is 5.88 Å². The SMILES string of the molecule is CS/C(N)=N/c1cncc(OCc2ccccc2)n1. The first kappa shape index (κ1) is 13.4. The van der Waals surface area contributed by atoms with Crippen molar-refractivity contribution < 1.29 is 4.74 Å². The summed E-state index contributed by atoms with van der Waals surface area (Å²) in [5, 5.41) is 0.439. The molecule has 0 radical (unpaired) electrons. The lowest BCUT2D eigenvalue weighted by Gasteiger charge is -2.05. The van der Waals surface area contributed by atoms with Crippen LogP contribution in [0.2, 0.25) is 0 Å². The molecule has 0 fully saturated rings. The molecule has 2 rings (SSSR count). The highest BCUT2D eigenvalue weighted by molar-refractivity contribution is 8.13. The van der Waals surface area contributed by atoms with Gasteiger partial charge in [-0.15, -0.1) is 0 Å². The number of benzene rings is 1. The summed E-state index contributed by atoms with van der Waals surface area (Å²) in [6, 6.07) is 9.86. The molecule has 0 spiro atoms. The van der Waals surface area contributed by atoms with Crippen LogP contribution in [-0.2, 0) is 6.61 Å². The summed E-state index contributed by atoms with van der Waals surface area (Å²) in [7, 11) is 0. The van der Waals surface area contributed by atoms with Crippen molar-refractivity contribution in [3.05, 3.63) is 48.3 Å². The van der Waals surface area contributed by atoms with Gasteiger partial charge in [-0.05, 0) is 11.8 Å². The zero-order chi connectivity index (χ0) is 13.5. The monoisotopic (exact) mass is 274 g/mol. The van der Waals surface area contributed by atoms with E-state index in [1.807, 2.05) is 36.6 Å². The molecule has 0 aliphatic rings. The molecule has 0 saturated heterocycles. The summed E-state index contributed by atoms with van der Waals surface area (Å²) in [6.45, 7) is 0.445. The van der Waals surface area contributed by atoms with Crippen LogP contribution in [0, 0.1) is 0 Å². The Morgan fingerprint density at radius 2 is 2.11 bits per heavy atom. The van der Waals surface area contributed by atoms with Crippen LogP contribution in [0.3, 0.4) is 0 Å². The average Bonchev–Trinajstić information content (AvgIpc) is 2.46. The Labute approximate surface area is 115 Å². The Bertz CT molecular complexity index is 560. The molecule has 0 bridgehead atoms. The molecule has 0 aliphatic heterocycles. The lowest BCUT2D eigenvalue weighted by molar-refractivity contribution is 0.293. The van der Waals surface area contributed by atoms with E-state index in [1.54, 1.807) is 12.4 Å². The summed E-state index contributed by atoms with van der Waals surface area (Å²) in [5.41, 5.74) is 6.70. The largest absolute Gasteiger partial charge is 0.472 e. The van der Waals surface area contributed by atoms with E-state index in [9.17, 15) is 0 Å². The van der Waals surface area contributed by atoms with Crippen molar-refractivity contribution in [2.24, 2.45) is 10.7 Å². The number of hydrogen-bond acceptors (Lipinski definition) is 5. The molecule has 0 unspecified atom stereocenters. The minimum atomic E-state index is 0.430. The lowest BCUT2D eigenvalue weighted by atomic mass is 10.2. The van der Waals surface area contributed by atoms with Crippen LogP contribution in [0.4, 0.5) is 5.82 Å². The third-order valence-electron chi connectivity index (χ3n) is 2.26. The summed E-state index contributed by atoms with van der Waals surface area (Å²) >= 11 is 1.35. The molecule has 1 aromatic heterocycles. The van der Waals surface area contributed by atoms with Gasteiger partial charge in [0.25, 0.3) is 0 Å². The number of aromatic nitrogens is 2. The highest BCUT2D eigenvalue weighted by atomic mass is 32.2. The molecule has 2 N–H and O–H groups in total. The van der Waals surface area contributed by atoms with Crippen molar-refractivity contribution in [1.29, 1.82) is 0 Å². The minimum absolute atomic E-state index is 0.430. The first-order valence-corrected chi connectivity index (χ1v) is 6.87. The fourth-order valence-corrected chi connectivity index (χ4v) is 1.54. The average molecular weight is 274 g/mol. The number of thioether (sulfide) groups is 1. The van der Waals surface area contributed by atoms with E-state index in [1.165, 1.54) is 11.8 Å². The molecule has 5 nitrogen and oxygen atoms in total. The second-order valence-corrected chi connectivity index (χ2v) is 4.47. The van der Waals surface area contributed by atoms with E-state index in [-0.39, 0.29) is 0 Å². The van der Waals surface area contributed by atoms with Gasteiger partial charge in [-0.2, -0.15) is 4.98 Å². The first-order chi connectivity index (χ1) is 9.28. The summed E-state index contributed by atoms with van der Waals surface area (Å²) in [5.74, 6) is 0.872. The van der Waals surface area contributed by atoms with E-state index in [4.69, 9.17) is 10.5 Å². The molecule has 2 aromatic rings. The second kappa shape index (κ2) is 6.75. The third kappa shape index (κ3) is 4.26. The quantitative estimate of drug-likeness (QED) is 0.684. The van der Waals surface area contributed by atoms with Crippen LogP contribution in [0.1, 0.15) is 5.56 Å². The van der Waals surface area contributed by atoms with E-state index < -0.39 is 0 Å². The van der Waals surface area contributed by atoms with E-state index in [0.29, 0.717) is 23.5 Å². The van der Waals surface area contributed by atoms with Crippen molar-refractivity contribution in [2.75, 3.05) is 6.26 Å². The Hall–Kier alpha value is -2.08. The van der Waals surface area contributed by atoms with Crippen LogP contribution in [0.15, 0.2) is 47.7 Å². The molecular formula is C13H14N4OS. The molecule has 0 atom stereocenters. The van der Waals surface area contributed by atoms with Gasteiger partial charge >= 0.3 is 0 Å². The van der Waals surface area contributed by atoms with Crippen molar-refractivity contribution in [1.82, 2.24) is 9.97 Å². The molecular weight excluding hydrogens is 260 g/mol. The second-order valence-electron chi connectivity index (χ2n) is 3.64. The molecule has 0 aliphatic carbocycles. The van der Waals surface area contributed by atoms with Crippen LogP contribution in [-0.4, -0.2) is 21.4 Å². The van der Waals surface area contributed by atoms with Gasteiger partial charge in [0.15, 0.2) is 11.0 Å². The molecule has 1 heterocycles. The summed E-state index contributed by atoms with van der Waals surface area (Å²) < 4.78 is 5.56. The number of nitrogens with zero attached hydrogens (tertiary/aromatic N) is 3. The number of rotatable bonds is 4. The van der Waals surface area contributed by atoms with Crippen LogP contribution in [0.25, 0.3) is 0 Å². The van der Waals surface area contributed by atoms with Gasteiger partial charge in [0.05, 0.1) is 12.4 Å². The number of hydrogen-bond donors (Lipinski definition) is 1. The predicted molar refractivity (Wildman–Crippen MR) is 77.6 cm³/mol. The number of ether oxygens (including phenoxy) is 1.